The Morgan fingerprint density at radius 2 is 1.94 bits per heavy atom. The van der Waals surface area contributed by atoms with E-state index in [1.807, 2.05) is 24.3 Å². The summed E-state index contributed by atoms with van der Waals surface area (Å²) in [5, 5.41) is 9.93. The largest absolute Gasteiger partial charge is 0.493 e. The quantitative estimate of drug-likeness (QED) is 0.333. The maximum absolute atomic E-state index is 13.6. The Hall–Kier alpha value is -3.46. The zero-order valence-corrected chi connectivity index (χ0v) is 18.0. The molecule has 0 saturated carbocycles. The Bertz CT molecular complexity index is 1340. The minimum absolute atomic E-state index is 0.295. The highest BCUT2D eigenvalue weighted by Gasteiger charge is 2.24. The molecule has 0 saturated heterocycles. The number of carboxylic acid groups (broad SMARTS) is 1. The molecule has 2 N–H and O–H groups in total. The number of carbonyl (C=O) groups is 1. The SMILES string of the molecule is CCC(Sc1nc2c([nH]c3ccccc32)c(=O)n1-c1ccc(OC)c(OC)c1)C(=O)O. The summed E-state index contributed by atoms with van der Waals surface area (Å²) in [6, 6.07) is 12.6. The van der Waals surface area contributed by atoms with E-state index in [1.54, 1.807) is 25.1 Å². The summed E-state index contributed by atoms with van der Waals surface area (Å²) in [7, 11) is 3.04. The van der Waals surface area contributed by atoms with E-state index in [4.69, 9.17) is 14.5 Å². The number of thioether (sulfide) groups is 1. The molecule has 0 bridgehead atoms. The molecule has 1 atom stereocenters. The van der Waals surface area contributed by atoms with Crippen LogP contribution in [0.3, 0.4) is 0 Å². The number of hydrogen-bond donors (Lipinski definition) is 2. The van der Waals surface area contributed by atoms with Crippen LogP contribution in [0.2, 0.25) is 0 Å². The van der Waals surface area contributed by atoms with Crippen LogP contribution in [0.5, 0.6) is 11.5 Å². The summed E-state index contributed by atoms with van der Waals surface area (Å²) in [6.07, 6.45) is 0.383. The first-order chi connectivity index (χ1) is 15.0. The highest BCUT2D eigenvalue weighted by molar-refractivity contribution is 8.00. The summed E-state index contributed by atoms with van der Waals surface area (Å²) in [6.45, 7) is 1.79. The molecular weight excluding hydrogens is 418 g/mol. The monoisotopic (exact) mass is 439 g/mol. The van der Waals surface area contributed by atoms with Crippen molar-refractivity contribution in [3.05, 3.63) is 52.8 Å². The van der Waals surface area contributed by atoms with Crippen LogP contribution in [0.4, 0.5) is 0 Å². The van der Waals surface area contributed by atoms with Crippen molar-refractivity contribution in [3.8, 4) is 17.2 Å². The first-order valence-electron chi connectivity index (χ1n) is 9.63. The average molecular weight is 439 g/mol. The van der Waals surface area contributed by atoms with Gasteiger partial charge in [-0.25, -0.2) is 4.98 Å². The molecule has 0 spiro atoms. The van der Waals surface area contributed by atoms with Gasteiger partial charge in [-0.15, -0.1) is 0 Å². The van der Waals surface area contributed by atoms with E-state index in [0.29, 0.717) is 39.8 Å². The minimum atomic E-state index is -0.959. The molecule has 8 nitrogen and oxygen atoms in total. The summed E-state index contributed by atoms with van der Waals surface area (Å²) >= 11 is 1.05. The molecule has 9 heteroatoms. The van der Waals surface area contributed by atoms with Crippen LogP contribution in [0.1, 0.15) is 13.3 Å². The molecule has 2 aromatic carbocycles. The van der Waals surface area contributed by atoms with Crippen molar-refractivity contribution in [2.75, 3.05) is 14.2 Å². The predicted molar refractivity (Wildman–Crippen MR) is 120 cm³/mol. The molecular formula is C22H21N3O5S. The number of aromatic amines is 1. The lowest BCUT2D eigenvalue weighted by molar-refractivity contribution is -0.136. The van der Waals surface area contributed by atoms with Gasteiger partial charge in [-0.05, 0) is 24.6 Å². The number of nitrogens with one attached hydrogen (secondary N) is 1. The number of nitrogens with zero attached hydrogens (tertiary/aromatic N) is 2. The van der Waals surface area contributed by atoms with Crippen molar-refractivity contribution >= 4 is 39.7 Å². The third-order valence-electron chi connectivity index (χ3n) is 5.01. The minimum Gasteiger partial charge on any atom is -0.493 e. The van der Waals surface area contributed by atoms with Gasteiger partial charge < -0.3 is 19.6 Å². The number of aromatic nitrogens is 3. The number of para-hydroxylation sites is 1. The van der Waals surface area contributed by atoms with E-state index in [1.165, 1.54) is 18.8 Å². The van der Waals surface area contributed by atoms with Gasteiger partial charge in [0, 0.05) is 17.0 Å². The normalized spacial score (nSPS) is 12.2. The van der Waals surface area contributed by atoms with Gasteiger partial charge in [-0.2, -0.15) is 0 Å². The lowest BCUT2D eigenvalue weighted by Gasteiger charge is -2.16. The Kier molecular flexibility index (Phi) is 5.60. The van der Waals surface area contributed by atoms with Gasteiger partial charge in [-0.3, -0.25) is 14.2 Å². The van der Waals surface area contributed by atoms with Crippen LogP contribution in [-0.2, 0) is 4.79 Å². The van der Waals surface area contributed by atoms with E-state index in [2.05, 4.69) is 4.98 Å². The number of methoxy groups -OCH3 is 2. The van der Waals surface area contributed by atoms with E-state index in [0.717, 1.165) is 22.7 Å². The molecule has 4 aromatic rings. The lowest BCUT2D eigenvalue weighted by Crippen LogP contribution is -2.24. The number of H-pyrrole nitrogens is 1. The first kappa shape index (κ1) is 20.8. The van der Waals surface area contributed by atoms with Crippen LogP contribution in [0.25, 0.3) is 27.6 Å². The number of benzene rings is 2. The summed E-state index contributed by atoms with van der Waals surface area (Å²) in [5.74, 6) is 0.00891. The second-order valence-electron chi connectivity index (χ2n) is 6.82. The van der Waals surface area contributed by atoms with E-state index in [-0.39, 0.29) is 5.56 Å². The highest BCUT2D eigenvalue weighted by Crippen LogP contribution is 2.33. The fourth-order valence-corrected chi connectivity index (χ4v) is 4.41. The Morgan fingerprint density at radius 1 is 1.19 bits per heavy atom. The molecule has 4 rings (SSSR count). The standard InChI is InChI=1S/C22H21N3O5S/c1-4-17(21(27)28)31-22-24-18-13-7-5-6-8-14(13)23-19(18)20(26)25(22)12-9-10-15(29-2)16(11-12)30-3/h5-11,17,23H,4H2,1-3H3,(H,27,28). The number of carboxylic acids is 1. The van der Waals surface area contributed by atoms with Crippen molar-refractivity contribution in [1.82, 2.24) is 14.5 Å². The van der Waals surface area contributed by atoms with Crippen molar-refractivity contribution in [2.24, 2.45) is 0 Å². The third kappa shape index (κ3) is 3.61. The topological polar surface area (TPSA) is 106 Å². The number of rotatable bonds is 7. The molecule has 2 heterocycles. The molecule has 0 radical (unpaired) electrons. The van der Waals surface area contributed by atoms with Gasteiger partial charge in [0.15, 0.2) is 16.7 Å². The first-order valence-corrected chi connectivity index (χ1v) is 10.5. The van der Waals surface area contributed by atoms with Crippen molar-refractivity contribution in [2.45, 2.75) is 23.8 Å². The van der Waals surface area contributed by atoms with Gasteiger partial charge in [0.25, 0.3) is 5.56 Å². The fraction of sp³-hybridized carbons (Fsp3) is 0.227. The van der Waals surface area contributed by atoms with Gasteiger partial charge >= 0.3 is 5.97 Å². The maximum Gasteiger partial charge on any atom is 0.317 e. The molecule has 0 aliphatic carbocycles. The molecule has 31 heavy (non-hydrogen) atoms. The van der Waals surface area contributed by atoms with Crippen molar-refractivity contribution in [3.63, 3.8) is 0 Å². The number of aliphatic carboxylic acids is 1. The van der Waals surface area contributed by atoms with E-state index in [9.17, 15) is 14.7 Å². The van der Waals surface area contributed by atoms with Crippen LogP contribution < -0.4 is 15.0 Å². The summed E-state index contributed by atoms with van der Waals surface area (Å²) in [5.41, 5.74) is 1.83. The van der Waals surface area contributed by atoms with Crippen molar-refractivity contribution in [1.29, 1.82) is 0 Å². The fourth-order valence-electron chi connectivity index (χ4n) is 3.45. The van der Waals surface area contributed by atoms with Gasteiger partial charge in [0.2, 0.25) is 0 Å². The highest BCUT2D eigenvalue weighted by atomic mass is 32.2. The molecule has 160 valence electrons. The predicted octanol–water partition coefficient (Wildman–Crippen LogP) is 3.84. The lowest BCUT2D eigenvalue weighted by atomic mass is 10.2. The van der Waals surface area contributed by atoms with Crippen LogP contribution in [0.15, 0.2) is 52.4 Å². The number of ether oxygens (including phenoxy) is 2. The Morgan fingerprint density at radius 3 is 2.61 bits per heavy atom. The van der Waals surface area contributed by atoms with Crippen LogP contribution in [0, 0.1) is 0 Å². The zero-order chi connectivity index (χ0) is 22.1. The molecule has 1 unspecified atom stereocenters. The molecule has 0 fully saturated rings. The Balaban J connectivity index is 2.03. The summed E-state index contributed by atoms with van der Waals surface area (Å²) < 4.78 is 12.1. The van der Waals surface area contributed by atoms with Crippen LogP contribution in [-0.4, -0.2) is 45.1 Å². The number of hydrogen-bond acceptors (Lipinski definition) is 6. The smallest absolute Gasteiger partial charge is 0.317 e. The van der Waals surface area contributed by atoms with Crippen LogP contribution >= 0.6 is 11.8 Å². The van der Waals surface area contributed by atoms with Gasteiger partial charge in [0.1, 0.15) is 16.3 Å². The van der Waals surface area contributed by atoms with E-state index >= 15 is 0 Å². The second kappa shape index (κ2) is 8.35. The second-order valence-corrected chi connectivity index (χ2v) is 7.99. The maximum atomic E-state index is 13.6. The van der Waals surface area contributed by atoms with Crippen molar-refractivity contribution < 1.29 is 19.4 Å². The molecule has 0 amide bonds. The third-order valence-corrected chi connectivity index (χ3v) is 6.32. The van der Waals surface area contributed by atoms with Gasteiger partial charge in [-0.1, -0.05) is 36.9 Å². The zero-order valence-electron chi connectivity index (χ0n) is 17.2. The Labute approximate surface area is 181 Å². The molecule has 0 aliphatic rings. The summed E-state index contributed by atoms with van der Waals surface area (Å²) in [4.78, 5) is 33.1. The van der Waals surface area contributed by atoms with E-state index < -0.39 is 11.2 Å². The number of fused-ring (bicyclic) bond motifs is 3. The average Bonchev–Trinajstić information content (AvgIpc) is 3.16. The van der Waals surface area contributed by atoms with Gasteiger partial charge in [0.05, 0.1) is 19.9 Å². The molecule has 2 aromatic heterocycles. The molecule has 0 aliphatic heterocycles.